The Hall–Kier alpha value is -0.410. The quantitative estimate of drug-likeness (QED) is 0.303. The van der Waals surface area contributed by atoms with Crippen molar-refractivity contribution in [3.8, 4) is 0 Å². The van der Waals surface area contributed by atoms with Gasteiger partial charge in [0.1, 0.15) is 5.01 Å². The molecule has 1 fully saturated rings. The Morgan fingerprint density at radius 1 is 1.27 bits per heavy atom. The number of guanidine groups is 1. The molecule has 0 radical (unpaired) electrons. The molecule has 1 heterocycles. The Morgan fingerprint density at radius 2 is 2.00 bits per heavy atom. The zero-order chi connectivity index (χ0) is 18.1. The molecule has 7 heteroatoms. The standard InChI is InChI=1S/C19H34N4OS.HI/c1-5-20-19(22-13-18-23-14(3)15(4)25-18)21-12-11-17(24-6-2)16-9-7-8-10-16;/h16-17H,5-13H2,1-4H3,(H2,20,21,22);1H. The molecule has 1 atom stereocenters. The minimum absolute atomic E-state index is 0. The number of hydrogen-bond acceptors (Lipinski definition) is 4. The first-order valence-corrected chi connectivity index (χ1v) is 10.5. The van der Waals surface area contributed by atoms with E-state index in [9.17, 15) is 0 Å². The van der Waals surface area contributed by atoms with Gasteiger partial charge in [-0.15, -0.1) is 35.3 Å². The molecule has 0 saturated heterocycles. The summed E-state index contributed by atoms with van der Waals surface area (Å²) in [5.74, 6) is 1.61. The summed E-state index contributed by atoms with van der Waals surface area (Å²) in [7, 11) is 0. The van der Waals surface area contributed by atoms with Crippen molar-refractivity contribution in [3.63, 3.8) is 0 Å². The number of aryl methyl sites for hydroxylation is 2. The average molecular weight is 494 g/mol. The first kappa shape index (κ1) is 23.6. The van der Waals surface area contributed by atoms with Crippen LogP contribution in [-0.2, 0) is 11.3 Å². The summed E-state index contributed by atoms with van der Waals surface area (Å²) in [5.41, 5.74) is 1.12. The molecule has 1 unspecified atom stereocenters. The molecule has 26 heavy (non-hydrogen) atoms. The van der Waals surface area contributed by atoms with E-state index in [1.807, 2.05) is 0 Å². The maximum Gasteiger partial charge on any atom is 0.191 e. The van der Waals surface area contributed by atoms with Crippen molar-refractivity contribution in [1.29, 1.82) is 0 Å². The number of aromatic nitrogens is 1. The first-order chi connectivity index (χ1) is 12.1. The summed E-state index contributed by atoms with van der Waals surface area (Å²) >= 11 is 1.73. The minimum Gasteiger partial charge on any atom is -0.378 e. The van der Waals surface area contributed by atoms with Gasteiger partial charge in [-0.25, -0.2) is 9.98 Å². The lowest BCUT2D eigenvalue weighted by Crippen LogP contribution is -2.39. The van der Waals surface area contributed by atoms with Gasteiger partial charge in [0, 0.05) is 24.6 Å². The molecular formula is C19H35IN4OS. The molecular weight excluding hydrogens is 459 g/mol. The van der Waals surface area contributed by atoms with Crippen molar-refractivity contribution in [2.24, 2.45) is 10.9 Å². The third-order valence-corrected chi connectivity index (χ3v) is 5.87. The number of thiazole rings is 1. The molecule has 1 aromatic heterocycles. The Kier molecular flexibility index (Phi) is 11.7. The second kappa shape index (κ2) is 12.9. The van der Waals surface area contributed by atoms with Crippen LogP contribution >= 0.6 is 35.3 Å². The summed E-state index contributed by atoms with van der Waals surface area (Å²) in [4.78, 5) is 10.5. The topological polar surface area (TPSA) is 58.5 Å². The molecule has 1 aliphatic rings. The second-order valence-corrected chi connectivity index (χ2v) is 7.99. The summed E-state index contributed by atoms with van der Waals surface area (Å²) in [5, 5.41) is 7.86. The van der Waals surface area contributed by atoms with E-state index in [1.165, 1.54) is 30.6 Å². The van der Waals surface area contributed by atoms with E-state index >= 15 is 0 Å². The molecule has 2 rings (SSSR count). The highest BCUT2D eigenvalue weighted by atomic mass is 127. The monoisotopic (exact) mass is 494 g/mol. The summed E-state index contributed by atoms with van der Waals surface area (Å²) in [6, 6.07) is 0. The van der Waals surface area contributed by atoms with Gasteiger partial charge in [0.15, 0.2) is 5.96 Å². The fourth-order valence-corrected chi connectivity index (χ4v) is 4.28. The van der Waals surface area contributed by atoms with Crippen molar-refractivity contribution >= 4 is 41.3 Å². The maximum absolute atomic E-state index is 6.00. The van der Waals surface area contributed by atoms with Gasteiger partial charge >= 0.3 is 0 Å². The van der Waals surface area contributed by atoms with Crippen LogP contribution in [0.25, 0.3) is 0 Å². The lowest BCUT2D eigenvalue weighted by atomic mass is 9.98. The second-order valence-electron chi connectivity index (χ2n) is 6.70. The third-order valence-electron chi connectivity index (χ3n) is 4.82. The van der Waals surface area contributed by atoms with Crippen LogP contribution in [0.4, 0.5) is 0 Å². The van der Waals surface area contributed by atoms with Crippen LogP contribution in [-0.4, -0.2) is 36.7 Å². The fraction of sp³-hybridized carbons (Fsp3) is 0.789. The van der Waals surface area contributed by atoms with Gasteiger partial charge in [0.25, 0.3) is 0 Å². The van der Waals surface area contributed by atoms with E-state index in [-0.39, 0.29) is 24.0 Å². The van der Waals surface area contributed by atoms with Crippen LogP contribution in [0.1, 0.15) is 61.5 Å². The maximum atomic E-state index is 6.00. The lowest BCUT2D eigenvalue weighted by molar-refractivity contribution is 0.0169. The molecule has 2 N–H and O–H groups in total. The van der Waals surface area contributed by atoms with Crippen LogP contribution in [0.5, 0.6) is 0 Å². The number of ether oxygens (including phenoxy) is 1. The van der Waals surface area contributed by atoms with E-state index in [2.05, 4.69) is 48.3 Å². The number of hydrogen-bond donors (Lipinski definition) is 2. The molecule has 0 aromatic carbocycles. The van der Waals surface area contributed by atoms with Gasteiger partial charge in [-0.2, -0.15) is 0 Å². The molecule has 0 amide bonds. The van der Waals surface area contributed by atoms with E-state index in [1.54, 1.807) is 11.3 Å². The van der Waals surface area contributed by atoms with Crippen molar-refractivity contribution in [3.05, 3.63) is 15.6 Å². The van der Waals surface area contributed by atoms with Crippen LogP contribution in [0.3, 0.4) is 0 Å². The normalized spacial score (nSPS) is 16.4. The zero-order valence-corrected chi connectivity index (χ0v) is 19.8. The molecule has 1 saturated carbocycles. The predicted octanol–water partition coefficient (Wildman–Crippen LogP) is 4.42. The highest BCUT2D eigenvalue weighted by Crippen LogP contribution is 2.30. The Balaban J connectivity index is 0.00000338. The summed E-state index contributed by atoms with van der Waals surface area (Å²) < 4.78 is 6.00. The molecule has 5 nitrogen and oxygen atoms in total. The lowest BCUT2D eigenvalue weighted by Gasteiger charge is -2.24. The molecule has 150 valence electrons. The Labute approximate surface area is 179 Å². The van der Waals surface area contributed by atoms with Gasteiger partial charge in [0.05, 0.1) is 18.3 Å². The number of rotatable bonds is 9. The number of aliphatic imine (C=N–C) groups is 1. The molecule has 0 spiro atoms. The predicted molar refractivity (Wildman–Crippen MR) is 122 cm³/mol. The largest absolute Gasteiger partial charge is 0.378 e. The molecule has 1 aromatic rings. The Bertz CT molecular complexity index is 524. The smallest absolute Gasteiger partial charge is 0.191 e. The van der Waals surface area contributed by atoms with E-state index in [4.69, 9.17) is 4.74 Å². The number of halogens is 1. The van der Waals surface area contributed by atoms with Gasteiger partial charge < -0.3 is 15.4 Å². The first-order valence-electron chi connectivity index (χ1n) is 9.70. The van der Waals surface area contributed by atoms with Crippen molar-refractivity contribution in [2.75, 3.05) is 19.7 Å². The van der Waals surface area contributed by atoms with Crippen molar-refractivity contribution < 1.29 is 4.74 Å². The average Bonchev–Trinajstić information content (AvgIpc) is 3.22. The molecule has 0 bridgehead atoms. The van der Waals surface area contributed by atoms with Crippen LogP contribution < -0.4 is 10.6 Å². The van der Waals surface area contributed by atoms with Crippen LogP contribution in [0.15, 0.2) is 4.99 Å². The highest BCUT2D eigenvalue weighted by Gasteiger charge is 2.25. The third kappa shape index (κ3) is 7.68. The minimum atomic E-state index is 0. The van der Waals surface area contributed by atoms with Gasteiger partial charge in [-0.3, -0.25) is 0 Å². The van der Waals surface area contributed by atoms with Crippen LogP contribution in [0, 0.1) is 19.8 Å². The molecule has 0 aliphatic heterocycles. The SMILES string of the molecule is CCNC(=NCc1nc(C)c(C)s1)NCCC(OCC)C1CCCC1.I. The zero-order valence-electron chi connectivity index (χ0n) is 16.6. The van der Waals surface area contributed by atoms with Gasteiger partial charge in [-0.1, -0.05) is 12.8 Å². The number of nitrogens with one attached hydrogen (secondary N) is 2. The van der Waals surface area contributed by atoms with E-state index < -0.39 is 0 Å². The van der Waals surface area contributed by atoms with Crippen molar-refractivity contribution in [1.82, 2.24) is 15.6 Å². The van der Waals surface area contributed by atoms with Crippen LogP contribution in [0.2, 0.25) is 0 Å². The van der Waals surface area contributed by atoms with Gasteiger partial charge in [-0.05, 0) is 52.9 Å². The van der Waals surface area contributed by atoms with Gasteiger partial charge in [0.2, 0.25) is 0 Å². The molecule has 1 aliphatic carbocycles. The summed E-state index contributed by atoms with van der Waals surface area (Å²) in [6.07, 6.45) is 6.78. The Morgan fingerprint density at radius 3 is 2.58 bits per heavy atom. The highest BCUT2D eigenvalue weighted by molar-refractivity contribution is 14.0. The van der Waals surface area contributed by atoms with E-state index in [0.29, 0.717) is 12.6 Å². The van der Waals surface area contributed by atoms with Crippen molar-refractivity contribution in [2.45, 2.75) is 72.4 Å². The number of nitrogens with zero attached hydrogens (tertiary/aromatic N) is 2. The fourth-order valence-electron chi connectivity index (χ4n) is 3.43. The van der Waals surface area contributed by atoms with E-state index in [0.717, 1.165) is 48.7 Å². The summed E-state index contributed by atoms with van der Waals surface area (Å²) in [6.45, 7) is 11.5.